The van der Waals surface area contributed by atoms with Gasteiger partial charge in [0, 0.05) is 12.6 Å². The van der Waals surface area contributed by atoms with Crippen LogP contribution in [-0.2, 0) is 21.2 Å². The minimum absolute atomic E-state index is 0.0720. The maximum atomic E-state index is 11.8. The van der Waals surface area contributed by atoms with E-state index < -0.39 is 10.0 Å². The van der Waals surface area contributed by atoms with Gasteiger partial charge in [-0.1, -0.05) is 24.3 Å². The van der Waals surface area contributed by atoms with Crippen molar-refractivity contribution in [3.63, 3.8) is 0 Å². The first kappa shape index (κ1) is 18.7. The van der Waals surface area contributed by atoms with E-state index in [1.807, 2.05) is 24.3 Å². The van der Waals surface area contributed by atoms with Crippen LogP contribution in [0.5, 0.6) is 5.75 Å². The molecule has 0 saturated heterocycles. The molecule has 0 atom stereocenters. The second kappa shape index (κ2) is 8.46. The Morgan fingerprint density at radius 2 is 1.76 bits per heavy atom. The Morgan fingerprint density at radius 1 is 1.12 bits per heavy atom. The van der Waals surface area contributed by atoms with E-state index in [4.69, 9.17) is 9.88 Å². The lowest BCUT2D eigenvalue weighted by Crippen LogP contribution is -2.23. The molecule has 0 aliphatic heterocycles. The number of ether oxygens (including phenoxy) is 1. The lowest BCUT2D eigenvalue weighted by Gasteiger charge is -2.04. The number of methoxy groups -OCH3 is 1. The van der Waals surface area contributed by atoms with Crippen molar-refractivity contribution in [3.8, 4) is 5.75 Å². The van der Waals surface area contributed by atoms with Gasteiger partial charge in [-0.15, -0.1) is 0 Å². The fourth-order valence-electron chi connectivity index (χ4n) is 2.12. The highest BCUT2D eigenvalue weighted by molar-refractivity contribution is 7.89. The summed E-state index contributed by atoms with van der Waals surface area (Å²) in [4.78, 5) is 11.9. The van der Waals surface area contributed by atoms with E-state index in [0.717, 1.165) is 16.9 Å². The standard InChI is InChI=1S/C18H20N2O4S/c1-24-16-7-2-14(3-8-16)6-11-18(21)20-13-12-15-4-9-17(10-5-15)25(19,22)23/h2-11H,12-13H2,1H3,(H,20,21)(H2,19,22,23)/b11-6+. The van der Waals surface area contributed by atoms with Crippen LogP contribution in [0.2, 0.25) is 0 Å². The van der Waals surface area contributed by atoms with Gasteiger partial charge in [0.25, 0.3) is 0 Å². The molecule has 6 nitrogen and oxygen atoms in total. The van der Waals surface area contributed by atoms with Gasteiger partial charge in [0.05, 0.1) is 12.0 Å². The largest absolute Gasteiger partial charge is 0.497 e. The summed E-state index contributed by atoms with van der Waals surface area (Å²) in [7, 11) is -2.08. The van der Waals surface area contributed by atoms with Crippen molar-refractivity contribution in [1.29, 1.82) is 0 Å². The molecule has 0 bridgehead atoms. The third-order valence-corrected chi connectivity index (χ3v) is 4.44. The minimum Gasteiger partial charge on any atom is -0.497 e. The molecule has 0 aliphatic rings. The highest BCUT2D eigenvalue weighted by Gasteiger charge is 2.06. The molecule has 1 amide bonds. The van der Waals surface area contributed by atoms with Crippen molar-refractivity contribution in [2.75, 3.05) is 13.7 Å². The monoisotopic (exact) mass is 360 g/mol. The van der Waals surface area contributed by atoms with E-state index in [0.29, 0.717) is 13.0 Å². The highest BCUT2D eigenvalue weighted by Crippen LogP contribution is 2.12. The zero-order valence-corrected chi connectivity index (χ0v) is 14.6. The summed E-state index contributed by atoms with van der Waals surface area (Å²) in [6.07, 6.45) is 3.77. The van der Waals surface area contributed by atoms with Gasteiger partial charge in [-0.25, -0.2) is 13.6 Å². The number of carbonyl (C=O) groups excluding carboxylic acids is 1. The molecule has 0 saturated carbocycles. The van der Waals surface area contributed by atoms with E-state index in [1.165, 1.54) is 18.2 Å². The number of carbonyl (C=O) groups is 1. The number of hydrogen-bond acceptors (Lipinski definition) is 4. The molecule has 2 aromatic carbocycles. The van der Waals surface area contributed by atoms with Gasteiger partial charge >= 0.3 is 0 Å². The molecule has 132 valence electrons. The molecule has 0 radical (unpaired) electrons. The molecular formula is C18H20N2O4S. The van der Waals surface area contributed by atoms with Crippen molar-refractivity contribution in [2.24, 2.45) is 5.14 Å². The smallest absolute Gasteiger partial charge is 0.244 e. The van der Waals surface area contributed by atoms with Gasteiger partial charge in [-0.3, -0.25) is 4.79 Å². The molecule has 0 spiro atoms. The fraction of sp³-hybridized carbons (Fsp3) is 0.167. The molecule has 0 aliphatic carbocycles. The van der Waals surface area contributed by atoms with Crippen LogP contribution >= 0.6 is 0 Å². The first-order chi connectivity index (χ1) is 11.9. The first-order valence-electron chi connectivity index (χ1n) is 7.60. The average molecular weight is 360 g/mol. The Kier molecular flexibility index (Phi) is 6.32. The quantitative estimate of drug-likeness (QED) is 0.735. The summed E-state index contributed by atoms with van der Waals surface area (Å²) in [5.74, 6) is 0.562. The van der Waals surface area contributed by atoms with Gasteiger partial charge < -0.3 is 10.1 Å². The van der Waals surface area contributed by atoms with Crippen LogP contribution in [0.15, 0.2) is 59.5 Å². The second-order valence-electron chi connectivity index (χ2n) is 5.34. The van der Waals surface area contributed by atoms with Crippen LogP contribution in [0.4, 0.5) is 0 Å². The number of nitrogens with one attached hydrogen (secondary N) is 1. The zero-order valence-electron chi connectivity index (χ0n) is 13.8. The molecule has 0 heterocycles. The maximum absolute atomic E-state index is 11.8. The van der Waals surface area contributed by atoms with Gasteiger partial charge in [-0.05, 0) is 47.9 Å². The van der Waals surface area contributed by atoms with Crippen molar-refractivity contribution < 1.29 is 17.9 Å². The number of rotatable bonds is 7. The molecule has 0 fully saturated rings. The molecule has 25 heavy (non-hydrogen) atoms. The van der Waals surface area contributed by atoms with Crippen LogP contribution in [0, 0.1) is 0 Å². The fourth-order valence-corrected chi connectivity index (χ4v) is 2.64. The Balaban J connectivity index is 1.80. The zero-order chi connectivity index (χ0) is 18.3. The third kappa shape index (κ3) is 6.06. The normalized spacial score (nSPS) is 11.4. The summed E-state index contributed by atoms with van der Waals surface area (Å²) >= 11 is 0. The minimum atomic E-state index is -3.68. The molecule has 7 heteroatoms. The summed E-state index contributed by atoms with van der Waals surface area (Å²) in [6, 6.07) is 13.6. The molecular weight excluding hydrogens is 340 g/mol. The summed E-state index contributed by atoms with van der Waals surface area (Å²) < 4.78 is 27.4. The highest BCUT2D eigenvalue weighted by atomic mass is 32.2. The van der Waals surface area contributed by atoms with E-state index in [2.05, 4.69) is 5.32 Å². The Bertz CT molecular complexity index is 842. The topological polar surface area (TPSA) is 98.5 Å². The summed E-state index contributed by atoms with van der Waals surface area (Å²) in [6.45, 7) is 0.445. The number of hydrogen-bond donors (Lipinski definition) is 2. The number of amides is 1. The second-order valence-corrected chi connectivity index (χ2v) is 6.90. The third-order valence-electron chi connectivity index (χ3n) is 3.51. The van der Waals surface area contributed by atoms with E-state index >= 15 is 0 Å². The predicted molar refractivity (Wildman–Crippen MR) is 96.6 cm³/mol. The number of benzene rings is 2. The predicted octanol–water partition coefficient (Wildman–Crippen LogP) is 1.71. The van der Waals surface area contributed by atoms with Crippen LogP contribution in [-0.4, -0.2) is 28.0 Å². The average Bonchev–Trinajstić information content (AvgIpc) is 2.60. The van der Waals surface area contributed by atoms with Crippen molar-refractivity contribution in [2.45, 2.75) is 11.3 Å². The summed E-state index contributed by atoms with van der Waals surface area (Å²) in [5, 5.41) is 7.82. The Morgan fingerprint density at radius 3 is 2.32 bits per heavy atom. The SMILES string of the molecule is COc1ccc(/C=C/C(=O)NCCc2ccc(S(N)(=O)=O)cc2)cc1. The molecule has 2 rings (SSSR count). The van der Waals surface area contributed by atoms with Crippen LogP contribution in [0.3, 0.4) is 0 Å². The number of nitrogens with two attached hydrogens (primary N) is 1. The van der Waals surface area contributed by atoms with Crippen molar-refractivity contribution in [1.82, 2.24) is 5.32 Å². The van der Waals surface area contributed by atoms with Gasteiger partial charge in [-0.2, -0.15) is 0 Å². The van der Waals surface area contributed by atoms with Gasteiger partial charge in [0.1, 0.15) is 5.75 Å². The van der Waals surface area contributed by atoms with Crippen LogP contribution in [0.25, 0.3) is 6.08 Å². The van der Waals surface area contributed by atoms with Crippen molar-refractivity contribution >= 4 is 22.0 Å². The van der Waals surface area contributed by atoms with Crippen LogP contribution in [0.1, 0.15) is 11.1 Å². The molecule has 0 unspecified atom stereocenters. The van der Waals surface area contributed by atoms with Gasteiger partial charge in [0.15, 0.2) is 0 Å². The van der Waals surface area contributed by atoms with Gasteiger partial charge in [0.2, 0.25) is 15.9 Å². The lowest BCUT2D eigenvalue weighted by atomic mass is 10.1. The number of sulfonamides is 1. The Hall–Kier alpha value is -2.64. The molecule has 3 N–H and O–H groups in total. The molecule has 0 aromatic heterocycles. The Labute approximate surface area is 147 Å². The van der Waals surface area contributed by atoms with Crippen molar-refractivity contribution in [3.05, 3.63) is 65.7 Å². The molecule has 2 aromatic rings. The van der Waals surface area contributed by atoms with E-state index in [1.54, 1.807) is 25.3 Å². The maximum Gasteiger partial charge on any atom is 0.244 e. The number of primary sulfonamides is 1. The first-order valence-corrected chi connectivity index (χ1v) is 9.15. The van der Waals surface area contributed by atoms with Crippen LogP contribution < -0.4 is 15.2 Å². The summed E-state index contributed by atoms with van der Waals surface area (Å²) in [5.41, 5.74) is 1.81. The van der Waals surface area contributed by atoms with E-state index in [-0.39, 0.29) is 10.8 Å². The lowest BCUT2D eigenvalue weighted by molar-refractivity contribution is -0.116. The van der Waals surface area contributed by atoms with E-state index in [9.17, 15) is 13.2 Å².